The molecule has 0 N–H and O–H groups in total. The maximum Gasteiger partial charge on any atom is 0.227 e. The standard InChI is InChI=1S/C22H24ClFN2O2S/c23-18-6-1-7-19(24)17(18)13-22(28)26-9-2-4-15-14-25(10-8-20(15)26)21(27)12-16-5-3-11-29-16/h1,3,5-7,11,15,20H,2,4,8-10,12-14H2/t15-,20+/m1/s1. The third kappa shape index (κ3) is 4.48. The first kappa shape index (κ1) is 20.4. The molecule has 2 aromatic rings. The largest absolute Gasteiger partial charge is 0.342 e. The highest BCUT2D eigenvalue weighted by Crippen LogP contribution is 2.32. The summed E-state index contributed by atoms with van der Waals surface area (Å²) in [5.74, 6) is -0.0734. The summed E-state index contributed by atoms with van der Waals surface area (Å²) in [6.07, 6.45) is 3.12. The third-order valence-corrected chi connectivity index (χ3v) is 7.27. The van der Waals surface area contributed by atoms with Crippen molar-refractivity contribution in [1.82, 2.24) is 9.80 Å². The topological polar surface area (TPSA) is 40.6 Å². The molecule has 29 heavy (non-hydrogen) atoms. The summed E-state index contributed by atoms with van der Waals surface area (Å²) in [5, 5.41) is 2.28. The summed E-state index contributed by atoms with van der Waals surface area (Å²) in [6, 6.07) is 8.57. The van der Waals surface area contributed by atoms with E-state index in [0.717, 1.165) is 24.1 Å². The minimum Gasteiger partial charge on any atom is -0.342 e. The molecule has 7 heteroatoms. The van der Waals surface area contributed by atoms with Crippen LogP contribution >= 0.6 is 22.9 Å². The van der Waals surface area contributed by atoms with E-state index in [9.17, 15) is 14.0 Å². The Morgan fingerprint density at radius 3 is 2.72 bits per heavy atom. The van der Waals surface area contributed by atoms with E-state index in [4.69, 9.17) is 11.6 Å². The summed E-state index contributed by atoms with van der Waals surface area (Å²) < 4.78 is 14.1. The van der Waals surface area contributed by atoms with Gasteiger partial charge in [-0.15, -0.1) is 11.3 Å². The van der Waals surface area contributed by atoms with Crippen molar-refractivity contribution in [2.45, 2.75) is 38.1 Å². The molecule has 4 rings (SSSR count). The first-order chi connectivity index (χ1) is 14.0. The predicted octanol–water partition coefficient (Wildman–Crippen LogP) is 4.17. The zero-order valence-electron chi connectivity index (χ0n) is 16.2. The number of hydrogen-bond acceptors (Lipinski definition) is 3. The highest BCUT2D eigenvalue weighted by atomic mass is 35.5. The number of fused-ring (bicyclic) bond motifs is 1. The number of carbonyl (C=O) groups excluding carboxylic acids is 2. The molecule has 0 saturated carbocycles. The second-order valence-corrected chi connectivity index (χ2v) is 9.26. The van der Waals surface area contributed by atoms with Crippen LogP contribution in [-0.4, -0.2) is 47.3 Å². The van der Waals surface area contributed by atoms with Crippen molar-refractivity contribution in [3.05, 3.63) is 57.0 Å². The fourth-order valence-corrected chi connectivity index (χ4v) is 5.49. The lowest BCUT2D eigenvalue weighted by Crippen LogP contribution is -2.57. The number of piperidine rings is 2. The fraction of sp³-hybridized carbons (Fsp3) is 0.455. The fourth-order valence-electron chi connectivity index (χ4n) is 4.57. The quantitative estimate of drug-likeness (QED) is 0.724. The van der Waals surface area contributed by atoms with Crippen LogP contribution in [0.15, 0.2) is 35.7 Å². The Hall–Kier alpha value is -1.92. The molecule has 4 nitrogen and oxygen atoms in total. The van der Waals surface area contributed by atoms with Crippen molar-refractivity contribution < 1.29 is 14.0 Å². The molecule has 0 spiro atoms. The molecule has 2 atom stereocenters. The summed E-state index contributed by atoms with van der Waals surface area (Å²) in [5.41, 5.74) is 0.268. The lowest BCUT2D eigenvalue weighted by molar-refractivity contribution is -0.141. The average Bonchev–Trinajstić information content (AvgIpc) is 3.23. The summed E-state index contributed by atoms with van der Waals surface area (Å²) in [6.45, 7) is 2.05. The highest BCUT2D eigenvalue weighted by molar-refractivity contribution is 7.10. The maximum absolute atomic E-state index is 14.1. The second-order valence-electron chi connectivity index (χ2n) is 7.82. The number of carbonyl (C=O) groups is 2. The number of halogens is 2. The van der Waals surface area contributed by atoms with Crippen LogP contribution in [0.25, 0.3) is 0 Å². The van der Waals surface area contributed by atoms with Crippen molar-refractivity contribution in [1.29, 1.82) is 0 Å². The summed E-state index contributed by atoms with van der Waals surface area (Å²) >= 11 is 7.71. The Balaban J connectivity index is 1.40. The highest BCUT2D eigenvalue weighted by Gasteiger charge is 2.39. The zero-order chi connectivity index (χ0) is 20.4. The monoisotopic (exact) mass is 434 g/mol. The van der Waals surface area contributed by atoms with Crippen LogP contribution in [0, 0.1) is 11.7 Å². The number of hydrogen-bond donors (Lipinski definition) is 0. The molecule has 0 unspecified atom stereocenters. The van der Waals surface area contributed by atoms with Gasteiger partial charge in [0.15, 0.2) is 0 Å². The average molecular weight is 435 g/mol. The molecule has 1 aromatic heterocycles. The maximum atomic E-state index is 14.1. The Bertz CT molecular complexity index is 869. The second kappa shape index (κ2) is 8.84. The van der Waals surface area contributed by atoms with E-state index in [-0.39, 0.29) is 35.8 Å². The number of thiophene rings is 1. The van der Waals surface area contributed by atoms with Gasteiger partial charge >= 0.3 is 0 Å². The summed E-state index contributed by atoms with van der Waals surface area (Å²) in [7, 11) is 0. The van der Waals surface area contributed by atoms with Crippen molar-refractivity contribution in [3.63, 3.8) is 0 Å². The van der Waals surface area contributed by atoms with Crippen LogP contribution in [0.5, 0.6) is 0 Å². The molecule has 0 radical (unpaired) electrons. The number of likely N-dealkylation sites (tertiary alicyclic amines) is 2. The molecule has 2 fully saturated rings. The van der Waals surface area contributed by atoms with Gasteiger partial charge in [-0.25, -0.2) is 4.39 Å². The van der Waals surface area contributed by atoms with Crippen LogP contribution in [-0.2, 0) is 22.4 Å². The molecule has 0 bridgehead atoms. The van der Waals surface area contributed by atoms with E-state index in [2.05, 4.69) is 0 Å². The molecule has 2 aliphatic rings. The molecule has 154 valence electrons. The van der Waals surface area contributed by atoms with E-state index in [0.29, 0.717) is 31.1 Å². The van der Waals surface area contributed by atoms with Gasteiger partial charge in [0.05, 0.1) is 12.8 Å². The van der Waals surface area contributed by atoms with Gasteiger partial charge in [0.1, 0.15) is 5.82 Å². The van der Waals surface area contributed by atoms with Crippen molar-refractivity contribution in [2.75, 3.05) is 19.6 Å². The van der Waals surface area contributed by atoms with E-state index < -0.39 is 5.82 Å². The van der Waals surface area contributed by atoms with Crippen molar-refractivity contribution in [2.24, 2.45) is 5.92 Å². The minimum atomic E-state index is -0.437. The molecular weight excluding hydrogens is 411 g/mol. The Labute approximate surface area is 179 Å². The van der Waals surface area contributed by atoms with Gasteiger partial charge in [-0.3, -0.25) is 9.59 Å². The molecule has 2 amide bonds. The molecular formula is C22H24ClFN2O2S. The summed E-state index contributed by atoms with van der Waals surface area (Å²) in [4.78, 5) is 30.6. The SMILES string of the molecule is O=C(Cc1cccs1)N1CC[C@H]2[C@H](CCCN2C(=O)Cc2c(F)cccc2Cl)C1. The zero-order valence-corrected chi connectivity index (χ0v) is 17.7. The van der Waals surface area contributed by atoms with Crippen molar-refractivity contribution in [3.8, 4) is 0 Å². The molecule has 2 saturated heterocycles. The van der Waals surface area contributed by atoms with Crippen LogP contribution in [0.3, 0.4) is 0 Å². The number of nitrogens with zero attached hydrogens (tertiary/aromatic N) is 2. The van der Waals surface area contributed by atoms with Gasteiger partial charge in [-0.2, -0.15) is 0 Å². The Kier molecular flexibility index (Phi) is 6.20. The van der Waals surface area contributed by atoms with Crippen LogP contribution < -0.4 is 0 Å². The van der Waals surface area contributed by atoms with Gasteiger partial charge in [0, 0.05) is 41.1 Å². The number of amides is 2. The van der Waals surface area contributed by atoms with Gasteiger partial charge in [0.25, 0.3) is 0 Å². The van der Waals surface area contributed by atoms with E-state index in [1.165, 1.54) is 6.07 Å². The normalized spacial score (nSPS) is 21.7. The Morgan fingerprint density at radius 1 is 1.10 bits per heavy atom. The molecule has 0 aliphatic carbocycles. The lowest BCUT2D eigenvalue weighted by Gasteiger charge is -2.47. The van der Waals surface area contributed by atoms with Crippen LogP contribution in [0.1, 0.15) is 29.7 Å². The van der Waals surface area contributed by atoms with Gasteiger partial charge in [0.2, 0.25) is 11.8 Å². The lowest BCUT2D eigenvalue weighted by atomic mass is 9.83. The van der Waals surface area contributed by atoms with Crippen molar-refractivity contribution >= 4 is 34.8 Å². The molecule has 1 aromatic carbocycles. The molecule has 3 heterocycles. The van der Waals surface area contributed by atoms with Crippen LogP contribution in [0.4, 0.5) is 4.39 Å². The molecule has 2 aliphatic heterocycles. The predicted molar refractivity (Wildman–Crippen MR) is 113 cm³/mol. The minimum absolute atomic E-state index is 0.0181. The first-order valence-corrected chi connectivity index (χ1v) is 11.3. The number of rotatable bonds is 4. The van der Waals surface area contributed by atoms with E-state index >= 15 is 0 Å². The van der Waals surface area contributed by atoms with E-state index in [1.807, 2.05) is 27.3 Å². The third-order valence-electron chi connectivity index (χ3n) is 6.04. The van der Waals surface area contributed by atoms with Gasteiger partial charge < -0.3 is 9.80 Å². The first-order valence-electron chi connectivity index (χ1n) is 10.1. The Morgan fingerprint density at radius 2 is 1.97 bits per heavy atom. The number of benzene rings is 1. The van der Waals surface area contributed by atoms with Crippen LogP contribution in [0.2, 0.25) is 5.02 Å². The van der Waals surface area contributed by atoms with Gasteiger partial charge in [-0.1, -0.05) is 23.7 Å². The smallest absolute Gasteiger partial charge is 0.227 e. The van der Waals surface area contributed by atoms with E-state index in [1.54, 1.807) is 23.5 Å². The van der Waals surface area contributed by atoms with Gasteiger partial charge in [-0.05, 0) is 48.8 Å².